The fraction of sp³-hybridized carbons (Fsp3) is 0.348. The molecule has 1 fully saturated rings. The van der Waals surface area contributed by atoms with Crippen molar-refractivity contribution in [3.63, 3.8) is 0 Å². The van der Waals surface area contributed by atoms with E-state index in [1.807, 2.05) is 49.6 Å². The molecule has 1 aliphatic rings. The molecule has 2 N–H and O–H groups in total. The minimum Gasteiger partial charge on any atom is -0.490 e. The van der Waals surface area contributed by atoms with Crippen LogP contribution < -0.4 is 10.1 Å². The van der Waals surface area contributed by atoms with Gasteiger partial charge in [0.1, 0.15) is 17.7 Å². The van der Waals surface area contributed by atoms with Gasteiger partial charge in [-0.05, 0) is 42.3 Å². The lowest BCUT2D eigenvalue weighted by atomic mass is 10.1. The van der Waals surface area contributed by atoms with E-state index >= 15 is 0 Å². The summed E-state index contributed by atoms with van der Waals surface area (Å²) in [7, 11) is 1.82. The molecule has 3 aromatic rings. The van der Waals surface area contributed by atoms with E-state index in [1.165, 1.54) is 17.7 Å². The summed E-state index contributed by atoms with van der Waals surface area (Å²) in [5, 5.41) is 4.54. The number of rotatable bonds is 5. The van der Waals surface area contributed by atoms with Gasteiger partial charge < -0.3 is 19.9 Å². The molecule has 0 atom stereocenters. The van der Waals surface area contributed by atoms with Gasteiger partial charge in [0.05, 0.1) is 0 Å². The topological polar surface area (TPSA) is 52.7 Å². The average Bonchev–Trinajstić information content (AvgIpc) is 3.15. The molecule has 0 radical (unpaired) electrons. The Labute approximate surface area is 193 Å². The summed E-state index contributed by atoms with van der Waals surface area (Å²) in [5.41, 5.74) is 2.02. The van der Waals surface area contributed by atoms with Crippen LogP contribution in [0.15, 0.2) is 59.7 Å². The predicted octanol–water partition coefficient (Wildman–Crippen LogP) is 4.59. The Balaban J connectivity index is 0.00000256. The maximum absolute atomic E-state index is 13.3. The van der Waals surface area contributed by atoms with Crippen LogP contribution >= 0.6 is 24.0 Å². The van der Waals surface area contributed by atoms with Gasteiger partial charge in [0, 0.05) is 56.6 Å². The number of ether oxygens (including phenoxy) is 1. The summed E-state index contributed by atoms with van der Waals surface area (Å²) >= 11 is 0. The molecule has 0 spiro atoms. The number of para-hydroxylation sites is 1. The maximum atomic E-state index is 13.3. The Morgan fingerprint density at radius 1 is 1.20 bits per heavy atom. The van der Waals surface area contributed by atoms with Gasteiger partial charge in [-0.2, -0.15) is 0 Å². The Kier molecular flexibility index (Phi) is 7.95. The summed E-state index contributed by atoms with van der Waals surface area (Å²) in [4.78, 5) is 9.88. The molecule has 4 rings (SSSR count). The minimum absolute atomic E-state index is 0. The Hall–Kier alpha value is -2.29. The highest BCUT2D eigenvalue weighted by Crippen LogP contribution is 2.20. The number of fused-ring (bicyclic) bond motifs is 1. The van der Waals surface area contributed by atoms with Crippen molar-refractivity contribution in [2.75, 3.05) is 26.7 Å². The zero-order chi connectivity index (χ0) is 20.1. The highest BCUT2D eigenvalue weighted by atomic mass is 127. The smallest absolute Gasteiger partial charge is 0.193 e. The van der Waals surface area contributed by atoms with Crippen LogP contribution in [0.25, 0.3) is 10.9 Å². The van der Waals surface area contributed by atoms with Gasteiger partial charge in [-0.15, -0.1) is 24.0 Å². The lowest BCUT2D eigenvalue weighted by molar-refractivity contribution is 0.129. The van der Waals surface area contributed by atoms with Crippen LogP contribution in [-0.4, -0.2) is 48.6 Å². The van der Waals surface area contributed by atoms with Crippen LogP contribution in [0.2, 0.25) is 0 Å². The number of benzene rings is 2. The summed E-state index contributed by atoms with van der Waals surface area (Å²) in [5.74, 6) is 1.64. The van der Waals surface area contributed by atoms with E-state index in [9.17, 15) is 4.39 Å². The molecule has 160 valence electrons. The fourth-order valence-corrected chi connectivity index (χ4v) is 3.88. The summed E-state index contributed by atoms with van der Waals surface area (Å²) in [6.45, 7) is 2.62. The van der Waals surface area contributed by atoms with E-state index in [2.05, 4.69) is 20.2 Å². The van der Waals surface area contributed by atoms with Gasteiger partial charge in [-0.25, -0.2) is 4.39 Å². The number of hydrogen-bond acceptors (Lipinski definition) is 2. The molecule has 0 unspecified atom stereocenters. The first-order valence-corrected chi connectivity index (χ1v) is 10.2. The minimum atomic E-state index is -0.218. The molecule has 7 heteroatoms. The highest BCUT2D eigenvalue weighted by Gasteiger charge is 2.22. The molecule has 30 heavy (non-hydrogen) atoms. The Morgan fingerprint density at radius 2 is 1.97 bits per heavy atom. The number of hydrogen-bond donors (Lipinski definition) is 2. The molecule has 2 heterocycles. The number of aliphatic imine (C=N–C) groups is 1. The molecule has 0 aliphatic carbocycles. The number of nitrogens with zero attached hydrogens (tertiary/aromatic N) is 2. The molecular formula is C23H28FIN4O. The van der Waals surface area contributed by atoms with Gasteiger partial charge in [0.2, 0.25) is 0 Å². The van der Waals surface area contributed by atoms with Crippen molar-refractivity contribution < 1.29 is 9.13 Å². The molecule has 0 bridgehead atoms. The number of likely N-dealkylation sites (tertiary alicyclic amines) is 1. The molecule has 0 saturated carbocycles. The van der Waals surface area contributed by atoms with Crippen LogP contribution in [0.5, 0.6) is 5.75 Å². The summed E-state index contributed by atoms with van der Waals surface area (Å²) in [6, 6.07) is 14.9. The third kappa shape index (κ3) is 5.44. The fourth-order valence-electron chi connectivity index (χ4n) is 3.88. The van der Waals surface area contributed by atoms with E-state index in [4.69, 9.17) is 4.74 Å². The van der Waals surface area contributed by atoms with Crippen molar-refractivity contribution in [1.82, 2.24) is 15.2 Å². The molecule has 5 nitrogen and oxygen atoms in total. The van der Waals surface area contributed by atoms with Gasteiger partial charge >= 0.3 is 0 Å². The zero-order valence-corrected chi connectivity index (χ0v) is 19.4. The van der Waals surface area contributed by atoms with Crippen molar-refractivity contribution in [1.29, 1.82) is 0 Å². The zero-order valence-electron chi connectivity index (χ0n) is 17.1. The number of H-pyrrole nitrogens is 1. The van der Waals surface area contributed by atoms with Crippen LogP contribution in [0.1, 0.15) is 18.4 Å². The number of guanidine groups is 1. The second kappa shape index (κ2) is 10.7. The quantitative estimate of drug-likeness (QED) is 0.293. The Morgan fingerprint density at radius 3 is 2.70 bits per heavy atom. The SMILES string of the molecule is CN=C(NCCc1c[nH]c2cc(F)ccc12)N1CCC(Oc2ccccc2)CC1.I. The number of aromatic nitrogens is 1. The van der Waals surface area contributed by atoms with Crippen molar-refractivity contribution in [2.45, 2.75) is 25.4 Å². The van der Waals surface area contributed by atoms with E-state index in [-0.39, 0.29) is 35.9 Å². The highest BCUT2D eigenvalue weighted by molar-refractivity contribution is 14.0. The molecule has 1 aliphatic heterocycles. The van der Waals surface area contributed by atoms with Gasteiger partial charge in [-0.1, -0.05) is 18.2 Å². The van der Waals surface area contributed by atoms with Crippen LogP contribution in [-0.2, 0) is 6.42 Å². The van der Waals surface area contributed by atoms with Crippen molar-refractivity contribution in [3.8, 4) is 5.75 Å². The van der Waals surface area contributed by atoms with Gasteiger partial charge in [0.25, 0.3) is 0 Å². The molecule has 1 aromatic heterocycles. The molecule has 1 saturated heterocycles. The molecular weight excluding hydrogens is 494 g/mol. The number of piperidine rings is 1. The van der Waals surface area contributed by atoms with E-state index in [0.29, 0.717) is 0 Å². The van der Waals surface area contributed by atoms with Crippen molar-refractivity contribution >= 4 is 40.8 Å². The van der Waals surface area contributed by atoms with E-state index < -0.39 is 0 Å². The second-order valence-corrected chi connectivity index (χ2v) is 7.35. The number of nitrogens with one attached hydrogen (secondary N) is 2. The Bertz CT molecular complexity index is 968. The van der Waals surface area contributed by atoms with Crippen molar-refractivity contribution in [3.05, 3.63) is 66.1 Å². The van der Waals surface area contributed by atoms with Gasteiger partial charge in [0.15, 0.2) is 5.96 Å². The maximum Gasteiger partial charge on any atom is 0.193 e. The third-order valence-electron chi connectivity index (χ3n) is 5.41. The molecule has 2 aromatic carbocycles. The molecule has 0 amide bonds. The van der Waals surface area contributed by atoms with E-state index in [0.717, 1.165) is 61.5 Å². The largest absolute Gasteiger partial charge is 0.490 e. The number of aromatic amines is 1. The van der Waals surface area contributed by atoms with Gasteiger partial charge in [-0.3, -0.25) is 4.99 Å². The standard InChI is InChI=1S/C23H27FN4O.HI/c1-25-23(26-12-9-17-16-27-22-15-18(24)7-8-21(17)22)28-13-10-20(11-14-28)29-19-5-3-2-4-6-19;/h2-8,15-16,20,27H,9-14H2,1H3,(H,25,26);1H. The summed E-state index contributed by atoms with van der Waals surface area (Å²) < 4.78 is 19.4. The van der Waals surface area contributed by atoms with Crippen LogP contribution in [0.3, 0.4) is 0 Å². The first-order valence-electron chi connectivity index (χ1n) is 10.2. The second-order valence-electron chi connectivity index (χ2n) is 7.35. The van der Waals surface area contributed by atoms with E-state index in [1.54, 1.807) is 0 Å². The lowest BCUT2D eigenvalue weighted by Gasteiger charge is -2.34. The van der Waals surface area contributed by atoms with Crippen LogP contribution in [0.4, 0.5) is 4.39 Å². The van der Waals surface area contributed by atoms with Crippen molar-refractivity contribution in [2.24, 2.45) is 4.99 Å². The van der Waals surface area contributed by atoms with Crippen LogP contribution in [0, 0.1) is 5.82 Å². The monoisotopic (exact) mass is 522 g/mol. The normalized spacial score (nSPS) is 15.1. The summed E-state index contributed by atoms with van der Waals surface area (Å²) in [6.07, 6.45) is 5.00. The predicted molar refractivity (Wildman–Crippen MR) is 130 cm³/mol. The lowest BCUT2D eigenvalue weighted by Crippen LogP contribution is -2.47. The average molecular weight is 522 g/mol. The first kappa shape index (κ1) is 22.4. The first-order chi connectivity index (χ1) is 14.2. The third-order valence-corrected chi connectivity index (χ3v) is 5.41. The number of halogens is 2.